The molecule has 4 rings (SSSR count). The van der Waals surface area contributed by atoms with Gasteiger partial charge in [0, 0.05) is 23.9 Å². The van der Waals surface area contributed by atoms with Crippen molar-refractivity contribution in [2.24, 2.45) is 0 Å². The van der Waals surface area contributed by atoms with Gasteiger partial charge in [0.15, 0.2) is 5.78 Å². The molecule has 0 spiro atoms. The number of hydrogen-bond donors (Lipinski definition) is 2. The molecule has 1 saturated heterocycles. The molecule has 1 fully saturated rings. The molecule has 188 valence electrons. The van der Waals surface area contributed by atoms with Gasteiger partial charge in [-0.05, 0) is 67.0 Å². The van der Waals surface area contributed by atoms with E-state index in [9.17, 15) is 9.59 Å². The first kappa shape index (κ1) is 25.7. The maximum atomic E-state index is 16.0. The van der Waals surface area contributed by atoms with Crippen molar-refractivity contribution >= 4 is 11.7 Å². The van der Waals surface area contributed by atoms with Crippen molar-refractivity contribution in [3.05, 3.63) is 89.0 Å². The minimum atomic E-state index is -0.956. The Morgan fingerprint density at radius 3 is 2.50 bits per heavy atom. The number of rotatable bonds is 9. The maximum Gasteiger partial charge on any atom is 0.237 e. The van der Waals surface area contributed by atoms with Crippen LogP contribution in [0.4, 0.5) is 4.39 Å². The fourth-order valence-corrected chi connectivity index (χ4v) is 4.86. The Kier molecular flexibility index (Phi) is 8.26. The molecule has 0 aliphatic carbocycles. The van der Waals surface area contributed by atoms with Crippen molar-refractivity contribution in [2.45, 2.75) is 64.5 Å². The average Bonchev–Trinajstić information content (AvgIpc) is 3.42. The highest BCUT2D eigenvalue weighted by Gasteiger charge is 2.31. The Bertz CT molecular complexity index is 1220. The second-order valence-electron chi connectivity index (χ2n) is 9.76. The fourth-order valence-electron chi connectivity index (χ4n) is 4.86. The molecule has 0 radical (unpaired) electrons. The van der Waals surface area contributed by atoms with Crippen molar-refractivity contribution < 1.29 is 14.0 Å². The third-order valence-corrected chi connectivity index (χ3v) is 6.94. The van der Waals surface area contributed by atoms with Crippen LogP contribution in [0.2, 0.25) is 0 Å². The van der Waals surface area contributed by atoms with E-state index in [0.29, 0.717) is 35.1 Å². The topological polar surface area (TPSA) is 71.1 Å². The number of ketones is 1. The van der Waals surface area contributed by atoms with Crippen LogP contribution in [-0.4, -0.2) is 29.3 Å². The number of carbonyl (C=O) groups excluding carboxylic acids is 2. The quantitative estimate of drug-likeness (QED) is 0.422. The minimum absolute atomic E-state index is 0.0264. The third kappa shape index (κ3) is 5.71. The normalized spacial score (nSPS) is 16.2. The first-order chi connectivity index (χ1) is 17.4. The molecule has 2 aromatic carbocycles. The summed E-state index contributed by atoms with van der Waals surface area (Å²) < 4.78 is 16.0. The number of nitrogens with zero attached hydrogens (tertiary/aromatic N) is 1. The molecule has 36 heavy (non-hydrogen) atoms. The summed E-state index contributed by atoms with van der Waals surface area (Å²) in [6.45, 7) is 6.57. The molecule has 1 amide bonds. The van der Waals surface area contributed by atoms with E-state index in [1.165, 1.54) is 0 Å². The number of aryl methyl sites for hydroxylation is 2. The lowest BCUT2D eigenvalue weighted by atomic mass is 9.87. The van der Waals surface area contributed by atoms with E-state index >= 15 is 4.39 Å². The Labute approximate surface area is 212 Å². The molecule has 6 heteroatoms. The Balaban J connectivity index is 1.75. The van der Waals surface area contributed by atoms with E-state index in [1.54, 1.807) is 18.3 Å². The first-order valence-electron chi connectivity index (χ1n) is 12.7. The van der Waals surface area contributed by atoms with Gasteiger partial charge < -0.3 is 10.6 Å². The van der Waals surface area contributed by atoms with Crippen LogP contribution in [-0.2, 0) is 16.0 Å². The van der Waals surface area contributed by atoms with Gasteiger partial charge in [-0.3, -0.25) is 14.6 Å². The van der Waals surface area contributed by atoms with Gasteiger partial charge in [0.1, 0.15) is 11.9 Å². The van der Waals surface area contributed by atoms with E-state index in [2.05, 4.69) is 15.6 Å². The lowest BCUT2D eigenvalue weighted by Crippen LogP contribution is -2.44. The molecule has 5 nitrogen and oxygen atoms in total. The SMILES string of the molecule is Cc1ncccc1CCC(=O)C(NC(=O)C1CCCN1)c1ccc(C(C)C)c(F)c1-c1ccccc1. The molecular formula is C30H34FN3O2. The summed E-state index contributed by atoms with van der Waals surface area (Å²) >= 11 is 0. The summed E-state index contributed by atoms with van der Waals surface area (Å²) in [4.78, 5) is 31.2. The molecule has 2 N–H and O–H groups in total. The fraction of sp³-hybridized carbons (Fsp3) is 0.367. The summed E-state index contributed by atoms with van der Waals surface area (Å²) in [7, 11) is 0. The smallest absolute Gasteiger partial charge is 0.237 e. The van der Waals surface area contributed by atoms with Crippen LogP contribution in [0.1, 0.15) is 67.5 Å². The zero-order valence-electron chi connectivity index (χ0n) is 21.2. The number of nitrogens with one attached hydrogen (secondary N) is 2. The predicted octanol–water partition coefficient (Wildman–Crippen LogP) is 5.43. The molecule has 2 atom stereocenters. The van der Waals surface area contributed by atoms with Gasteiger partial charge >= 0.3 is 0 Å². The van der Waals surface area contributed by atoms with Crippen LogP contribution in [0.3, 0.4) is 0 Å². The predicted molar refractivity (Wildman–Crippen MR) is 140 cm³/mol. The van der Waals surface area contributed by atoms with Gasteiger partial charge in [-0.15, -0.1) is 0 Å². The van der Waals surface area contributed by atoms with Gasteiger partial charge in [-0.25, -0.2) is 4.39 Å². The number of aromatic nitrogens is 1. The van der Waals surface area contributed by atoms with Crippen molar-refractivity contribution in [2.75, 3.05) is 6.54 Å². The van der Waals surface area contributed by atoms with E-state index in [1.807, 2.05) is 63.2 Å². The molecule has 2 unspecified atom stereocenters. The first-order valence-corrected chi connectivity index (χ1v) is 12.7. The zero-order chi connectivity index (χ0) is 25.7. The summed E-state index contributed by atoms with van der Waals surface area (Å²) in [5.41, 5.74) is 3.98. The van der Waals surface area contributed by atoms with E-state index < -0.39 is 6.04 Å². The zero-order valence-corrected chi connectivity index (χ0v) is 21.2. The number of hydrogen-bond acceptors (Lipinski definition) is 4. The van der Waals surface area contributed by atoms with E-state index in [0.717, 1.165) is 24.2 Å². The highest BCUT2D eigenvalue weighted by molar-refractivity contribution is 5.93. The largest absolute Gasteiger partial charge is 0.341 e. The molecule has 1 aromatic heterocycles. The average molecular weight is 488 g/mol. The van der Waals surface area contributed by atoms with Gasteiger partial charge in [0.05, 0.1) is 6.04 Å². The maximum absolute atomic E-state index is 16.0. The van der Waals surface area contributed by atoms with Crippen molar-refractivity contribution in [1.82, 2.24) is 15.6 Å². The molecule has 3 aromatic rings. The van der Waals surface area contributed by atoms with Crippen LogP contribution < -0.4 is 10.6 Å². The lowest BCUT2D eigenvalue weighted by Gasteiger charge is -2.25. The van der Waals surface area contributed by atoms with Crippen LogP contribution in [0.5, 0.6) is 0 Å². The van der Waals surface area contributed by atoms with Crippen molar-refractivity contribution in [3.63, 3.8) is 0 Å². The van der Waals surface area contributed by atoms with Gasteiger partial charge in [0.2, 0.25) is 5.91 Å². The second kappa shape index (κ2) is 11.6. The van der Waals surface area contributed by atoms with Crippen LogP contribution in [0, 0.1) is 12.7 Å². The molecular weight excluding hydrogens is 453 g/mol. The summed E-state index contributed by atoms with van der Waals surface area (Å²) in [6, 6.07) is 15.3. The highest BCUT2D eigenvalue weighted by atomic mass is 19.1. The van der Waals surface area contributed by atoms with Gasteiger partial charge in [-0.2, -0.15) is 0 Å². The number of carbonyl (C=O) groups is 2. The molecule has 1 aliphatic heterocycles. The Hall–Kier alpha value is -3.38. The number of halogens is 1. The van der Waals surface area contributed by atoms with Crippen LogP contribution >= 0.6 is 0 Å². The van der Waals surface area contributed by atoms with Crippen LogP contribution in [0.25, 0.3) is 11.1 Å². The molecule has 0 bridgehead atoms. The van der Waals surface area contributed by atoms with Crippen molar-refractivity contribution in [1.29, 1.82) is 0 Å². The third-order valence-electron chi connectivity index (χ3n) is 6.94. The Morgan fingerprint density at radius 1 is 1.08 bits per heavy atom. The minimum Gasteiger partial charge on any atom is -0.341 e. The van der Waals surface area contributed by atoms with E-state index in [4.69, 9.17) is 0 Å². The highest BCUT2D eigenvalue weighted by Crippen LogP contribution is 2.36. The standard InChI is InChI=1S/C30H34FN3O2/c1-19(2)23-14-15-24(27(28(23)31)22-9-5-4-6-10-22)29(34-30(36)25-12-8-18-33-25)26(35)16-13-21-11-7-17-32-20(21)3/h4-7,9-11,14-15,17,19,25,29,33H,8,12-13,16,18H2,1-3H3,(H,34,36). The molecule has 0 saturated carbocycles. The van der Waals surface area contributed by atoms with Crippen molar-refractivity contribution in [3.8, 4) is 11.1 Å². The lowest BCUT2D eigenvalue weighted by molar-refractivity contribution is -0.129. The second-order valence-corrected chi connectivity index (χ2v) is 9.76. The Morgan fingerprint density at radius 2 is 1.83 bits per heavy atom. The van der Waals surface area contributed by atoms with Gasteiger partial charge in [0.25, 0.3) is 0 Å². The number of pyridine rings is 1. The van der Waals surface area contributed by atoms with Gasteiger partial charge in [-0.1, -0.05) is 62.4 Å². The monoisotopic (exact) mass is 487 g/mol. The molecule has 1 aliphatic rings. The summed E-state index contributed by atoms with van der Waals surface area (Å²) in [6.07, 6.45) is 4.05. The number of amides is 1. The van der Waals surface area contributed by atoms with E-state index in [-0.39, 0.29) is 35.9 Å². The number of Topliss-reactive ketones (excluding diaryl/α,β-unsaturated/α-hetero) is 1. The van der Waals surface area contributed by atoms with Crippen LogP contribution in [0.15, 0.2) is 60.8 Å². The molecule has 2 heterocycles. The number of benzene rings is 2. The summed E-state index contributed by atoms with van der Waals surface area (Å²) in [5.74, 6) is -0.751. The summed E-state index contributed by atoms with van der Waals surface area (Å²) in [5, 5.41) is 6.17.